The lowest BCUT2D eigenvalue weighted by Crippen LogP contribution is -2.02. The summed E-state index contributed by atoms with van der Waals surface area (Å²) >= 11 is 0. The molecular weight excluding hydrogens is 236 g/mol. The molecule has 0 fully saturated rings. The van der Waals surface area contributed by atoms with Crippen molar-refractivity contribution < 1.29 is 13.5 Å². The van der Waals surface area contributed by atoms with E-state index in [4.69, 9.17) is 4.74 Å². The quantitative estimate of drug-likeness (QED) is 0.894. The minimum absolute atomic E-state index is 0.400. The molecule has 0 atom stereocenters. The predicted molar refractivity (Wildman–Crippen MR) is 66.7 cm³/mol. The fourth-order valence-electron chi connectivity index (χ4n) is 1.64. The summed E-state index contributed by atoms with van der Waals surface area (Å²) in [6.07, 6.45) is 0. The van der Waals surface area contributed by atoms with Crippen LogP contribution in [0.5, 0.6) is 5.75 Å². The van der Waals surface area contributed by atoms with Gasteiger partial charge in [0.05, 0.1) is 12.8 Å². The second-order valence-corrected chi connectivity index (χ2v) is 3.80. The number of anilines is 1. The Balaban J connectivity index is 2.09. The van der Waals surface area contributed by atoms with Gasteiger partial charge in [0.25, 0.3) is 0 Å². The van der Waals surface area contributed by atoms with Gasteiger partial charge in [-0.2, -0.15) is 0 Å². The van der Waals surface area contributed by atoms with Crippen molar-refractivity contribution in [2.24, 2.45) is 0 Å². The molecule has 0 aliphatic rings. The standard InChI is InChI=1S/C14H13F2NO/c1-18-14-5-3-2-4-13(14)17-9-10-6-7-11(15)12(16)8-10/h2-8,17H,9H2,1H3. The van der Waals surface area contributed by atoms with Crippen molar-refractivity contribution in [2.75, 3.05) is 12.4 Å². The summed E-state index contributed by atoms with van der Waals surface area (Å²) in [5.41, 5.74) is 1.48. The summed E-state index contributed by atoms with van der Waals surface area (Å²) in [6.45, 7) is 0.400. The van der Waals surface area contributed by atoms with Gasteiger partial charge in [-0.15, -0.1) is 0 Å². The van der Waals surface area contributed by atoms with Crippen molar-refractivity contribution in [1.82, 2.24) is 0 Å². The monoisotopic (exact) mass is 249 g/mol. The Kier molecular flexibility index (Phi) is 3.77. The van der Waals surface area contributed by atoms with Crippen LogP contribution in [0.25, 0.3) is 0 Å². The molecule has 4 heteroatoms. The third kappa shape index (κ3) is 2.77. The SMILES string of the molecule is COc1ccccc1NCc1ccc(F)c(F)c1. The highest BCUT2D eigenvalue weighted by molar-refractivity contribution is 5.56. The molecule has 2 aromatic carbocycles. The largest absolute Gasteiger partial charge is 0.495 e. The van der Waals surface area contributed by atoms with Crippen LogP contribution >= 0.6 is 0 Å². The molecule has 2 nitrogen and oxygen atoms in total. The van der Waals surface area contributed by atoms with Gasteiger partial charge in [0.15, 0.2) is 11.6 Å². The van der Waals surface area contributed by atoms with Crippen LogP contribution in [0.15, 0.2) is 42.5 Å². The number of benzene rings is 2. The smallest absolute Gasteiger partial charge is 0.159 e. The number of hydrogen-bond donors (Lipinski definition) is 1. The normalized spacial score (nSPS) is 10.2. The van der Waals surface area contributed by atoms with Crippen molar-refractivity contribution in [2.45, 2.75) is 6.54 Å². The van der Waals surface area contributed by atoms with E-state index >= 15 is 0 Å². The van der Waals surface area contributed by atoms with Crippen LogP contribution in [0.1, 0.15) is 5.56 Å². The predicted octanol–water partition coefficient (Wildman–Crippen LogP) is 3.59. The van der Waals surface area contributed by atoms with Crippen LogP contribution in [0, 0.1) is 11.6 Å². The number of hydrogen-bond acceptors (Lipinski definition) is 2. The molecule has 0 aliphatic carbocycles. The minimum atomic E-state index is -0.839. The fraction of sp³-hybridized carbons (Fsp3) is 0.143. The lowest BCUT2D eigenvalue weighted by molar-refractivity contribution is 0.416. The lowest BCUT2D eigenvalue weighted by Gasteiger charge is -2.10. The summed E-state index contributed by atoms with van der Waals surface area (Å²) in [5.74, 6) is -0.967. The fourth-order valence-corrected chi connectivity index (χ4v) is 1.64. The van der Waals surface area contributed by atoms with E-state index in [9.17, 15) is 8.78 Å². The van der Waals surface area contributed by atoms with Crippen molar-refractivity contribution in [3.63, 3.8) is 0 Å². The molecule has 0 saturated carbocycles. The molecule has 0 bridgehead atoms. The average Bonchev–Trinajstić information content (AvgIpc) is 2.40. The van der Waals surface area contributed by atoms with Gasteiger partial charge in [0, 0.05) is 6.54 Å². The number of para-hydroxylation sites is 2. The third-order valence-electron chi connectivity index (χ3n) is 2.57. The first-order chi connectivity index (χ1) is 8.70. The first-order valence-corrected chi connectivity index (χ1v) is 5.51. The molecule has 1 N–H and O–H groups in total. The molecule has 2 aromatic rings. The number of nitrogens with one attached hydrogen (secondary N) is 1. The maximum atomic E-state index is 13.0. The van der Waals surface area contributed by atoms with E-state index in [-0.39, 0.29) is 0 Å². The summed E-state index contributed by atoms with van der Waals surface area (Å²) in [7, 11) is 1.58. The number of halogens is 2. The Hall–Kier alpha value is -2.10. The highest BCUT2D eigenvalue weighted by atomic mass is 19.2. The van der Waals surface area contributed by atoms with Gasteiger partial charge in [-0.25, -0.2) is 8.78 Å². The summed E-state index contributed by atoms with van der Waals surface area (Å²) in [5, 5.41) is 3.11. The van der Waals surface area contributed by atoms with Crippen molar-refractivity contribution in [1.29, 1.82) is 0 Å². The van der Waals surface area contributed by atoms with E-state index in [1.807, 2.05) is 24.3 Å². The molecule has 0 spiro atoms. The molecule has 18 heavy (non-hydrogen) atoms. The van der Waals surface area contributed by atoms with Gasteiger partial charge in [0.2, 0.25) is 0 Å². The maximum absolute atomic E-state index is 13.0. The molecule has 2 rings (SSSR count). The Labute approximate surface area is 104 Å². The van der Waals surface area contributed by atoms with Gasteiger partial charge in [-0.3, -0.25) is 0 Å². The van der Waals surface area contributed by atoms with Gasteiger partial charge < -0.3 is 10.1 Å². The molecule has 0 radical (unpaired) electrons. The highest BCUT2D eigenvalue weighted by Crippen LogP contribution is 2.23. The van der Waals surface area contributed by atoms with E-state index in [0.29, 0.717) is 17.9 Å². The lowest BCUT2D eigenvalue weighted by atomic mass is 10.2. The Bertz CT molecular complexity index is 543. The molecule has 0 heterocycles. The molecular formula is C14H13F2NO. The van der Waals surface area contributed by atoms with Crippen LogP contribution in [0.2, 0.25) is 0 Å². The van der Waals surface area contributed by atoms with E-state index in [1.165, 1.54) is 6.07 Å². The number of methoxy groups -OCH3 is 1. The molecule has 0 amide bonds. The number of ether oxygens (including phenoxy) is 1. The van der Waals surface area contributed by atoms with E-state index in [2.05, 4.69) is 5.32 Å². The average molecular weight is 249 g/mol. The Morgan fingerprint density at radius 1 is 1.06 bits per heavy atom. The van der Waals surface area contributed by atoms with E-state index in [0.717, 1.165) is 11.8 Å². The minimum Gasteiger partial charge on any atom is -0.495 e. The van der Waals surface area contributed by atoms with Crippen LogP contribution < -0.4 is 10.1 Å². The second-order valence-electron chi connectivity index (χ2n) is 3.80. The Morgan fingerprint density at radius 3 is 2.56 bits per heavy atom. The van der Waals surface area contributed by atoms with Gasteiger partial charge in [-0.1, -0.05) is 18.2 Å². The van der Waals surface area contributed by atoms with Crippen LogP contribution in [-0.2, 0) is 6.54 Å². The molecule has 0 unspecified atom stereocenters. The summed E-state index contributed by atoms with van der Waals surface area (Å²) in [4.78, 5) is 0. The van der Waals surface area contributed by atoms with Crippen molar-refractivity contribution in [3.05, 3.63) is 59.7 Å². The highest BCUT2D eigenvalue weighted by Gasteiger charge is 2.04. The summed E-state index contributed by atoms with van der Waals surface area (Å²) < 4.78 is 31.0. The van der Waals surface area contributed by atoms with Crippen LogP contribution in [-0.4, -0.2) is 7.11 Å². The summed E-state index contributed by atoms with van der Waals surface area (Å²) in [6, 6.07) is 11.3. The molecule has 0 aliphatic heterocycles. The second kappa shape index (κ2) is 5.49. The first kappa shape index (κ1) is 12.4. The van der Waals surface area contributed by atoms with Crippen molar-refractivity contribution >= 4 is 5.69 Å². The Morgan fingerprint density at radius 2 is 1.83 bits per heavy atom. The maximum Gasteiger partial charge on any atom is 0.159 e. The van der Waals surface area contributed by atoms with Gasteiger partial charge in [0.1, 0.15) is 5.75 Å². The third-order valence-corrected chi connectivity index (χ3v) is 2.57. The van der Waals surface area contributed by atoms with E-state index in [1.54, 1.807) is 13.2 Å². The zero-order valence-corrected chi connectivity index (χ0v) is 9.91. The topological polar surface area (TPSA) is 21.3 Å². The number of rotatable bonds is 4. The van der Waals surface area contributed by atoms with Gasteiger partial charge >= 0.3 is 0 Å². The van der Waals surface area contributed by atoms with Crippen molar-refractivity contribution in [3.8, 4) is 5.75 Å². The van der Waals surface area contributed by atoms with Crippen LogP contribution in [0.3, 0.4) is 0 Å². The zero-order valence-electron chi connectivity index (χ0n) is 9.91. The van der Waals surface area contributed by atoms with E-state index < -0.39 is 11.6 Å². The molecule has 0 aromatic heterocycles. The zero-order chi connectivity index (χ0) is 13.0. The van der Waals surface area contributed by atoms with Gasteiger partial charge in [-0.05, 0) is 29.8 Å². The molecule has 0 saturated heterocycles. The molecule has 94 valence electrons. The van der Waals surface area contributed by atoms with Crippen LogP contribution in [0.4, 0.5) is 14.5 Å². The first-order valence-electron chi connectivity index (χ1n) is 5.51.